The molecule has 1 amide bonds. The summed E-state index contributed by atoms with van der Waals surface area (Å²) >= 11 is 0. The minimum atomic E-state index is -0.850. The van der Waals surface area contributed by atoms with Crippen molar-refractivity contribution in [2.75, 3.05) is 13.1 Å². The van der Waals surface area contributed by atoms with Crippen molar-refractivity contribution < 1.29 is 19.0 Å². The van der Waals surface area contributed by atoms with Gasteiger partial charge in [0.15, 0.2) is 11.5 Å². The van der Waals surface area contributed by atoms with Crippen LogP contribution in [0.15, 0.2) is 54.6 Å². The number of ether oxygens (including phenoxy) is 3. The highest BCUT2D eigenvalue weighted by molar-refractivity contribution is 5.77. The molecule has 1 unspecified atom stereocenters. The summed E-state index contributed by atoms with van der Waals surface area (Å²) in [4.78, 5) is 14.0. The first-order valence-corrected chi connectivity index (χ1v) is 9.99. The third-order valence-electron chi connectivity index (χ3n) is 5.09. The lowest BCUT2D eigenvalue weighted by molar-refractivity contribution is -0.0681. The Morgan fingerprint density at radius 3 is 2.48 bits per heavy atom. The van der Waals surface area contributed by atoms with Gasteiger partial charge in [-0.25, -0.2) is 4.79 Å². The van der Waals surface area contributed by atoms with Gasteiger partial charge in [-0.1, -0.05) is 48.5 Å². The standard InChI is InChI=1S/C24H27NO4/c1-23(2,3)29-22(26)25-15-13-17(14-16-25)19-11-8-12-20-21(19)28-24(4,27-20)18-9-6-5-7-10-18/h5-13H,14-16H2,1-4H3. The van der Waals surface area contributed by atoms with Gasteiger partial charge in [-0.2, -0.15) is 0 Å². The zero-order valence-corrected chi connectivity index (χ0v) is 17.4. The lowest BCUT2D eigenvalue weighted by Crippen LogP contribution is -2.39. The molecule has 0 aliphatic carbocycles. The lowest BCUT2D eigenvalue weighted by Gasteiger charge is -2.30. The van der Waals surface area contributed by atoms with Crippen molar-refractivity contribution >= 4 is 11.7 Å². The molecule has 0 bridgehead atoms. The summed E-state index contributed by atoms with van der Waals surface area (Å²) in [5.41, 5.74) is 2.65. The maximum absolute atomic E-state index is 12.3. The quantitative estimate of drug-likeness (QED) is 0.690. The second-order valence-corrected chi connectivity index (χ2v) is 8.55. The molecule has 2 heterocycles. The number of hydrogen-bond acceptors (Lipinski definition) is 4. The van der Waals surface area contributed by atoms with Crippen LogP contribution < -0.4 is 9.47 Å². The van der Waals surface area contributed by atoms with Gasteiger partial charge < -0.3 is 19.1 Å². The smallest absolute Gasteiger partial charge is 0.410 e. The predicted molar refractivity (Wildman–Crippen MR) is 112 cm³/mol. The molecule has 4 rings (SSSR count). The van der Waals surface area contributed by atoms with Crippen molar-refractivity contribution in [1.82, 2.24) is 4.90 Å². The van der Waals surface area contributed by atoms with E-state index in [1.807, 2.05) is 76.2 Å². The Hall–Kier alpha value is -2.95. The van der Waals surface area contributed by atoms with Crippen LogP contribution in [0.2, 0.25) is 0 Å². The number of hydrogen-bond donors (Lipinski definition) is 0. The second kappa shape index (κ2) is 7.14. The van der Waals surface area contributed by atoms with Crippen LogP contribution in [-0.4, -0.2) is 29.7 Å². The third kappa shape index (κ3) is 3.95. The number of benzene rings is 2. The van der Waals surface area contributed by atoms with Gasteiger partial charge in [0.2, 0.25) is 0 Å². The maximum atomic E-state index is 12.3. The fourth-order valence-electron chi connectivity index (χ4n) is 3.64. The molecule has 5 heteroatoms. The summed E-state index contributed by atoms with van der Waals surface area (Å²) in [5.74, 6) is 0.650. The summed E-state index contributed by atoms with van der Waals surface area (Å²) < 4.78 is 18.0. The molecule has 0 fully saturated rings. The van der Waals surface area contributed by atoms with Crippen molar-refractivity contribution in [1.29, 1.82) is 0 Å². The first-order valence-electron chi connectivity index (χ1n) is 9.99. The van der Waals surface area contributed by atoms with Gasteiger partial charge in [0.05, 0.1) is 0 Å². The number of carbonyl (C=O) groups excluding carboxylic acids is 1. The molecule has 0 N–H and O–H groups in total. The van der Waals surface area contributed by atoms with Crippen LogP contribution in [0.1, 0.15) is 45.2 Å². The number of nitrogens with zero attached hydrogens (tertiary/aromatic N) is 1. The van der Waals surface area contributed by atoms with E-state index in [0.717, 1.165) is 34.6 Å². The van der Waals surface area contributed by atoms with E-state index in [0.29, 0.717) is 13.1 Å². The molecule has 2 aromatic carbocycles. The fourth-order valence-corrected chi connectivity index (χ4v) is 3.64. The highest BCUT2D eigenvalue weighted by Crippen LogP contribution is 2.48. The van der Waals surface area contributed by atoms with Crippen LogP contribution in [-0.2, 0) is 10.5 Å². The highest BCUT2D eigenvalue weighted by Gasteiger charge is 2.40. The summed E-state index contributed by atoms with van der Waals surface area (Å²) in [7, 11) is 0. The Morgan fingerprint density at radius 1 is 1.07 bits per heavy atom. The maximum Gasteiger partial charge on any atom is 0.410 e. The molecule has 29 heavy (non-hydrogen) atoms. The molecule has 152 valence electrons. The van der Waals surface area contributed by atoms with Crippen LogP contribution in [0, 0.1) is 0 Å². The Balaban J connectivity index is 1.54. The van der Waals surface area contributed by atoms with Gasteiger partial charge in [0, 0.05) is 31.1 Å². The number of rotatable bonds is 2. The van der Waals surface area contributed by atoms with Gasteiger partial charge in [0.1, 0.15) is 5.60 Å². The summed E-state index contributed by atoms with van der Waals surface area (Å²) in [6, 6.07) is 15.9. The van der Waals surface area contributed by atoms with Gasteiger partial charge in [0.25, 0.3) is 5.79 Å². The molecular weight excluding hydrogens is 366 g/mol. The number of fused-ring (bicyclic) bond motifs is 1. The zero-order chi connectivity index (χ0) is 20.6. The topological polar surface area (TPSA) is 48.0 Å². The molecule has 2 aliphatic heterocycles. The highest BCUT2D eigenvalue weighted by atomic mass is 16.7. The minimum Gasteiger partial charge on any atom is -0.445 e. The Kier molecular flexibility index (Phi) is 4.77. The van der Waals surface area contributed by atoms with Gasteiger partial charge in [-0.05, 0) is 38.8 Å². The number of amides is 1. The second-order valence-electron chi connectivity index (χ2n) is 8.55. The zero-order valence-electron chi connectivity index (χ0n) is 17.4. The van der Waals surface area contributed by atoms with E-state index in [9.17, 15) is 4.79 Å². The summed E-state index contributed by atoms with van der Waals surface area (Å²) in [5, 5.41) is 0. The molecule has 0 spiro atoms. The molecular formula is C24H27NO4. The van der Waals surface area contributed by atoms with E-state index >= 15 is 0 Å². The average Bonchev–Trinajstić information content (AvgIpc) is 3.05. The van der Waals surface area contributed by atoms with Crippen LogP contribution in [0.4, 0.5) is 4.79 Å². The Morgan fingerprint density at radius 2 is 1.83 bits per heavy atom. The summed E-state index contributed by atoms with van der Waals surface area (Å²) in [6.07, 6.45) is 2.54. The van der Waals surface area contributed by atoms with Crippen molar-refractivity contribution in [2.24, 2.45) is 0 Å². The molecule has 2 aromatic rings. The predicted octanol–water partition coefficient (Wildman–Crippen LogP) is 5.35. The summed E-state index contributed by atoms with van der Waals surface area (Å²) in [6.45, 7) is 8.71. The molecule has 5 nitrogen and oxygen atoms in total. The van der Waals surface area contributed by atoms with Crippen molar-refractivity contribution in [3.63, 3.8) is 0 Å². The van der Waals surface area contributed by atoms with Crippen LogP contribution in [0.25, 0.3) is 5.57 Å². The number of para-hydroxylation sites is 1. The number of carbonyl (C=O) groups is 1. The fraction of sp³-hybridized carbons (Fsp3) is 0.375. The molecule has 0 radical (unpaired) electrons. The largest absolute Gasteiger partial charge is 0.445 e. The first kappa shape index (κ1) is 19.4. The minimum absolute atomic E-state index is 0.276. The SMILES string of the molecule is CC(C)(C)OC(=O)N1CC=C(c2cccc3c2OC(C)(c2ccccc2)O3)CC1. The van der Waals surface area contributed by atoms with E-state index < -0.39 is 11.4 Å². The van der Waals surface area contributed by atoms with Crippen molar-refractivity contribution in [3.8, 4) is 11.5 Å². The van der Waals surface area contributed by atoms with Crippen LogP contribution in [0.5, 0.6) is 11.5 Å². The third-order valence-corrected chi connectivity index (χ3v) is 5.09. The van der Waals surface area contributed by atoms with E-state index in [1.165, 1.54) is 0 Å². The molecule has 0 saturated heterocycles. The monoisotopic (exact) mass is 393 g/mol. The van der Waals surface area contributed by atoms with Crippen molar-refractivity contribution in [2.45, 2.75) is 45.5 Å². The van der Waals surface area contributed by atoms with E-state index in [4.69, 9.17) is 14.2 Å². The molecule has 0 aromatic heterocycles. The first-order chi connectivity index (χ1) is 13.8. The van der Waals surface area contributed by atoms with E-state index in [-0.39, 0.29) is 6.09 Å². The van der Waals surface area contributed by atoms with Gasteiger partial charge in [-0.15, -0.1) is 0 Å². The molecule has 1 atom stereocenters. The van der Waals surface area contributed by atoms with E-state index in [1.54, 1.807) is 4.90 Å². The van der Waals surface area contributed by atoms with E-state index in [2.05, 4.69) is 6.08 Å². The van der Waals surface area contributed by atoms with Crippen molar-refractivity contribution in [3.05, 3.63) is 65.7 Å². The van der Waals surface area contributed by atoms with Crippen LogP contribution >= 0.6 is 0 Å². The Labute approximate surface area is 171 Å². The normalized spacial score (nSPS) is 21.0. The Bertz CT molecular complexity index is 945. The lowest BCUT2D eigenvalue weighted by atomic mass is 9.98. The van der Waals surface area contributed by atoms with Crippen LogP contribution in [0.3, 0.4) is 0 Å². The van der Waals surface area contributed by atoms with Gasteiger partial charge >= 0.3 is 6.09 Å². The molecule has 2 aliphatic rings. The average molecular weight is 393 g/mol. The molecule has 0 saturated carbocycles. The van der Waals surface area contributed by atoms with Gasteiger partial charge in [-0.3, -0.25) is 0 Å².